The Kier molecular flexibility index (Phi) is 6.58. The van der Waals surface area contributed by atoms with E-state index in [1.165, 1.54) is 19.4 Å². The first-order valence-corrected chi connectivity index (χ1v) is 7.48. The molecule has 1 amide bonds. The van der Waals surface area contributed by atoms with Crippen molar-refractivity contribution >= 4 is 30.7 Å². The van der Waals surface area contributed by atoms with Crippen molar-refractivity contribution in [2.45, 2.75) is 44.1 Å². The molecule has 0 aromatic carbocycles. The van der Waals surface area contributed by atoms with Crippen molar-refractivity contribution in [1.82, 2.24) is 9.80 Å². The first kappa shape index (κ1) is 18.0. The van der Waals surface area contributed by atoms with Gasteiger partial charge in [-0.3, -0.25) is 9.69 Å². The van der Waals surface area contributed by atoms with E-state index in [1.807, 2.05) is 4.90 Å². The Bertz CT molecular complexity index is 322. The molecule has 1 heterocycles. The van der Waals surface area contributed by atoms with Gasteiger partial charge in [-0.1, -0.05) is 12.8 Å². The van der Waals surface area contributed by atoms with Gasteiger partial charge >= 0.3 is 0 Å². The van der Waals surface area contributed by atoms with E-state index < -0.39 is 5.54 Å². The summed E-state index contributed by atoms with van der Waals surface area (Å²) in [7, 11) is 0. The van der Waals surface area contributed by atoms with Crippen LogP contribution < -0.4 is 5.73 Å². The normalized spacial score (nSPS) is 25.8. The lowest BCUT2D eigenvalue weighted by atomic mass is 9.97. The molecule has 0 aromatic heterocycles. The third kappa shape index (κ3) is 4.00. The van der Waals surface area contributed by atoms with Gasteiger partial charge in [-0.2, -0.15) is 0 Å². The van der Waals surface area contributed by atoms with Crippen molar-refractivity contribution in [1.29, 1.82) is 0 Å². The van der Waals surface area contributed by atoms with E-state index in [4.69, 9.17) is 5.73 Å². The molecule has 4 nitrogen and oxygen atoms in total. The number of hydrogen-bond donors (Lipinski definition) is 1. The molecule has 2 aliphatic carbocycles. The molecule has 0 bridgehead atoms. The van der Waals surface area contributed by atoms with Crippen LogP contribution in [0.1, 0.15) is 38.5 Å². The van der Waals surface area contributed by atoms with E-state index in [0.717, 1.165) is 57.8 Å². The molecule has 1 aliphatic heterocycles. The standard InChI is InChI=1S/C14H25N3O.2ClH/c15-14(5-1-2-6-14)13(18)17-9-7-16(8-10-17)11-12-3-4-12;;/h12H,1-11,15H2;2*1H. The largest absolute Gasteiger partial charge is 0.339 e. The van der Waals surface area contributed by atoms with Crippen LogP contribution in [0.3, 0.4) is 0 Å². The highest BCUT2D eigenvalue weighted by atomic mass is 35.5. The maximum absolute atomic E-state index is 12.4. The number of halogens is 2. The first-order valence-electron chi connectivity index (χ1n) is 7.48. The van der Waals surface area contributed by atoms with Crippen molar-refractivity contribution in [2.75, 3.05) is 32.7 Å². The van der Waals surface area contributed by atoms with Crippen LogP contribution in [-0.4, -0.2) is 54.0 Å². The zero-order valence-electron chi connectivity index (χ0n) is 12.1. The zero-order chi connectivity index (χ0) is 12.6. The maximum Gasteiger partial charge on any atom is 0.242 e. The summed E-state index contributed by atoms with van der Waals surface area (Å²) in [6.45, 7) is 5.08. The summed E-state index contributed by atoms with van der Waals surface area (Å²) in [6, 6.07) is 0. The second-order valence-electron chi connectivity index (χ2n) is 6.40. The highest BCUT2D eigenvalue weighted by Crippen LogP contribution is 2.31. The molecule has 3 fully saturated rings. The number of amides is 1. The molecule has 20 heavy (non-hydrogen) atoms. The molecular formula is C14H27Cl2N3O. The van der Waals surface area contributed by atoms with Crippen molar-refractivity contribution in [3.63, 3.8) is 0 Å². The Morgan fingerprint density at radius 2 is 1.60 bits per heavy atom. The third-order valence-corrected chi connectivity index (χ3v) is 4.79. The summed E-state index contributed by atoms with van der Waals surface area (Å²) in [5, 5.41) is 0. The highest BCUT2D eigenvalue weighted by molar-refractivity contribution is 5.86. The fourth-order valence-corrected chi connectivity index (χ4v) is 3.33. The maximum atomic E-state index is 12.4. The first-order chi connectivity index (χ1) is 8.67. The summed E-state index contributed by atoms with van der Waals surface area (Å²) in [5.74, 6) is 1.16. The number of carbonyl (C=O) groups excluding carboxylic acids is 1. The van der Waals surface area contributed by atoms with Crippen molar-refractivity contribution in [3.05, 3.63) is 0 Å². The monoisotopic (exact) mass is 323 g/mol. The number of hydrogen-bond acceptors (Lipinski definition) is 3. The molecule has 6 heteroatoms. The Labute approximate surface area is 134 Å². The molecule has 0 unspecified atom stereocenters. The fourth-order valence-electron chi connectivity index (χ4n) is 3.33. The second kappa shape index (κ2) is 7.30. The summed E-state index contributed by atoms with van der Waals surface area (Å²) in [6.07, 6.45) is 6.81. The van der Waals surface area contributed by atoms with Crippen LogP contribution in [0, 0.1) is 5.92 Å². The molecule has 3 rings (SSSR count). The number of rotatable bonds is 3. The van der Waals surface area contributed by atoms with Gasteiger partial charge in [0.25, 0.3) is 0 Å². The van der Waals surface area contributed by atoms with Crippen LogP contribution >= 0.6 is 24.8 Å². The van der Waals surface area contributed by atoms with Gasteiger partial charge < -0.3 is 10.6 Å². The smallest absolute Gasteiger partial charge is 0.242 e. The van der Waals surface area contributed by atoms with E-state index in [1.54, 1.807) is 0 Å². The SMILES string of the molecule is Cl.Cl.NC1(C(=O)N2CCN(CC3CC3)CC2)CCCC1. The van der Waals surface area contributed by atoms with Crippen molar-refractivity contribution in [3.8, 4) is 0 Å². The van der Waals surface area contributed by atoms with Gasteiger partial charge in [0.2, 0.25) is 5.91 Å². The number of nitrogens with two attached hydrogens (primary N) is 1. The average molecular weight is 324 g/mol. The third-order valence-electron chi connectivity index (χ3n) is 4.79. The van der Waals surface area contributed by atoms with Crippen LogP contribution in [0.15, 0.2) is 0 Å². The van der Waals surface area contributed by atoms with Crippen molar-refractivity contribution < 1.29 is 4.79 Å². The number of carbonyl (C=O) groups is 1. The Morgan fingerprint density at radius 3 is 2.10 bits per heavy atom. The number of piperazine rings is 1. The van der Waals surface area contributed by atoms with E-state index in [-0.39, 0.29) is 30.7 Å². The highest BCUT2D eigenvalue weighted by Gasteiger charge is 2.40. The van der Waals surface area contributed by atoms with Crippen molar-refractivity contribution in [2.24, 2.45) is 11.7 Å². The quantitative estimate of drug-likeness (QED) is 0.859. The van der Waals surface area contributed by atoms with E-state index >= 15 is 0 Å². The Hall–Kier alpha value is -0.0300. The van der Waals surface area contributed by atoms with Crippen LogP contribution in [0.2, 0.25) is 0 Å². The van der Waals surface area contributed by atoms with Gasteiger partial charge in [-0.25, -0.2) is 0 Å². The minimum Gasteiger partial charge on any atom is -0.339 e. The molecule has 2 saturated carbocycles. The van der Waals surface area contributed by atoms with E-state index in [9.17, 15) is 4.79 Å². The molecule has 2 N–H and O–H groups in total. The lowest BCUT2D eigenvalue weighted by Gasteiger charge is -2.38. The molecule has 3 aliphatic rings. The van der Waals surface area contributed by atoms with E-state index in [2.05, 4.69) is 4.90 Å². The van der Waals surface area contributed by atoms with Crippen LogP contribution in [-0.2, 0) is 4.79 Å². The Morgan fingerprint density at radius 1 is 1.05 bits per heavy atom. The molecule has 0 spiro atoms. The summed E-state index contributed by atoms with van der Waals surface area (Å²) >= 11 is 0. The molecule has 0 atom stereocenters. The van der Waals surface area contributed by atoms with Gasteiger partial charge in [0, 0.05) is 32.7 Å². The minimum absolute atomic E-state index is 0. The van der Waals surface area contributed by atoms with Gasteiger partial charge in [-0.15, -0.1) is 24.8 Å². The average Bonchev–Trinajstić information content (AvgIpc) is 3.09. The van der Waals surface area contributed by atoms with Crippen LogP contribution in [0.25, 0.3) is 0 Å². The molecule has 0 aromatic rings. The lowest BCUT2D eigenvalue weighted by molar-refractivity contribution is -0.138. The molecule has 1 saturated heterocycles. The van der Waals surface area contributed by atoms with Gasteiger partial charge in [0.15, 0.2) is 0 Å². The summed E-state index contributed by atoms with van der Waals surface area (Å²) < 4.78 is 0. The van der Waals surface area contributed by atoms with Gasteiger partial charge in [-0.05, 0) is 31.6 Å². The topological polar surface area (TPSA) is 49.6 Å². The van der Waals surface area contributed by atoms with Crippen LogP contribution in [0.4, 0.5) is 0 Å². The second-order valence-corrected chi connectivity index (χ2v) is 6.40. The molecular weight excluding hydrogens is 297 g/mol. The van der Waals surface area contributed by atoms with E-state index in [0.29, 0.717) is 0 Å². The zero-order valence-corrected chi connectivity index (χ0v) is 13.7. The predicted molar refractivity (Wildman–Crippen MR) is 85.6 cm³/mol. The summed E-state index contributed by atoms with van der Waals surface area (Å²) in [5.41, 5.74) is 5.72. The predicted octanol–water partition coefficient (Wildman–Crippen LogP) is 1.66. The minimum atomic E-state index is -0.529. The van der Waals surface area contributed by atoms with Gasteiger partial charge in [0.05, 0.1) is 5.54 Å². The lowest BCUT2D eigenvalue weighted by Crippen LogP contribution is -2.58. The van der Waals surface area contributed by atoms with Gasteiger partial charge in [0.1, 0.15) is 0 Å². The van der Waals surface area contributed by atoms with Crippen LogP contribution in [0.5, 0.6) is 0 Å². The fraction of sp³-hybridized carbons (Fsp3) is 0.929. The molecule has 118 valence electrons. The Balaban J connectivity index is 0.000001000. The summed E-state index contributed by atoms with van der Waals surface area (Å²) in [4.78, 5) is 17.0. The molecule has 0 radical (unpaired) electrons. The number of nitrogens with zero attached hydrogens (tertiary/aromatic N) is 2.